The van der Waals surface area contributed by atoms with Gasteiger partial charge in [-0.15, -0.1) is 0 Å². The van der Waals surface area contributed by atoms with Crippen LogP contribution in [0.5, 0.6) is 0 Å². The number of nitrogens with two attached hydrogens (primary N) is 1. The Labute approximate surface area is 130 Å². The molecule has 1 amide bonds. The second kappa shape index (κ2) is 6.68. The Balaban J connectivity index is 1.94. The number of likely N-dealkylation sites (tertiary alicyclic amines) is 1. The maximum absolute atomic E-state index is 12.8. The topological polar surface area (TPSA) is 46.3 Å². The Morgan fingerprint density at radius 3 is 2.43 bits per heavy atom. The van der Waals surface area contributed by atoms with E-state index in [1.807, 2.05) is 0 Å². The van der Waals surface area contributed by atoms with Crippen LogP contribution in [0.3, 0.4) is 0 Å². The molecule has 0 radical (unpaired) electrons. The Hall–Kier alpha value is -0.570. The number of carbonyl (C=O) groups excluding carboxylic acids is 1. The number of nitrogens with zero attached hydrogens (tertiary/aromatic N) is 1. The van der Waals surface area contributed by atoms with Gasteiger partial charge in [0.1, 0.15) is 0 Å². The molecular weight excluding hydrogens is 260 g/mol. The van der Waals surface area contributed by atoms with Crippen LogP contribution in [0.1, 0.15) is 66.2 Å². The summed E-state index contributed by atoms with van der Waals surface area (Å²) < 4.78 is 0. The Morgan fingerprint density at radius 2 is 1.81 bits per heavy atom. The molecule has 21 heavy (non-hydrogen) atoms. The minimum absolute atomic E-state index is 0.176. The van der Waals surface area contributed by atoms with Gasteiger partial charge in [-0.2, -0.15) is 0 Å². The Kier molecular flexibility index (Phi) is 5.34. The van der Waals surface area contributed by atoms with E-state index in [-0.39, 0.29) is 12.0 Å². The molecule has 0 aromatic rings. The van der Waals surface area contributed by atoms with Crippen molar-refractivity contribution in [3.63, 3.8) is 0 Å². The summed E-state index contributed by atoms with van der Waals surface area (Å²) >= 11 is 0. The maximum Gasteiger partial charge on any atom is 0.225 e. The molecule has 2 aliphatic rings. The van der Waals surface area contributed by atoms with Crippen LogP contribution in [-0.2, 0) is 4.79 Å². The van der Waals surface area contributed by atoms with E-state index in [9.17, 15) is 4.79 Å². The zero-order valence-corrected chi connectivity index (χ0v) is 14.4. The lowest BCUT2D eigenvalue weighted by Crippen LogP contribution is -2.42. The van der Waals surface area contributed by atoms with Crippen LogP contribution >= 0.6 is 0 Å². The highest BCUT2D eigenvalue weighted by Gasteiger charge is 2.34. The Bertz CT molecular complexity index is 351. The minimum atomic E-state index is 0.176. The lowest BCUT2D eigenvalue weighted by molar-refractivity contribution is -0.137. The quantitative estimate of drug-likeness (QED) is 0.805. The normalized spacial score (nSPS) is 35.4. The molecule has 1 heterocycles. The van der Waals surface area contributed by atoms with Crippen molar-refractivity contribution < 1.29 is 4.79 Å². The van der Waals surface area contributed by atoms with E-state index in [1.54, 1.807) is 0 Å². The molecule has 3 heteroatoms. The van der Waals surface area contributed by atoms with E-state index in [4.69, 9.17) is 5.73 Å². The fourth-order valence-corrected chi connectivity index (χ4v) is 4.30. The lowest BCUT2D eigenvalue weighted by Gasteiger charge is -2.34. The standard InChI is InChI=1S/C18H34N2O/c1-13-10-14(12-16(19)11-13)17(21)20-8-5-6-15(7-9-20)18(2,3)4/h13-16H,5-12,19H2,1-4H3. The summed E-state index contributed by atoms with van der Waals surface area (Å²) in [6, 6.07) is 0.219. The molecule has 0 aromatic carbocycles. The fourth-order valence-electron chi connectivity index (χ4n) is 4.30. The minimum Gasteiger partial charge on any atom is -0.342 e. The molecule has 2 fully saturated rings. The van der Waals surface area contributed by atoms with Crippen molar-refractivity contribution in [1.82, 2.24) is 4.90 Å². The van der Waals surface area contributed by atoms with E-state index in [2.05, 4.69) is 32.6 Å². The van der Waals surface area contributed by atoms with Gasteiger partial charge in [0, 0.05) is 25.0 Å². The van der Waals surface area contributed by atoms with Crippen molar-refractivity contribution >= 4 is 5.91 Å². The fraction of sp³-hybridized carbons (Fsp3) is 0.944. The van der Waals surface area contributed by atoms with Crippen molar-refractivity contribution in [3.05, 3.63) is 0 Å². The highest BCUT2D eigenvalue weighted by atomic mass is 16.2. The maximum atomic E-state index is 12.8. The molecule has 1 saturated heterocycles. The van der Waals surface area contributed by atoms with Crippen LogP contribution in [0.4, 0.5) is 0 Å². The number of amides is 1. The van der Waals surface area contributed by atoms with E-state index < -0.39 is 0 Å². The predicted octanol–water partition coefficient (Wildman–Crippen LogP) is 3.42. The molecule has 0 aromatic heterocycles. The van der Waals surface area contributed by atoms with Gasteiger partial charge < -0.3 is 10.6 Å². The first-order valence-electron chi connectivity index (χ1n) is 8.81. The first kappa shape index (κ1) is 16.8. The van der Waals surface area contributed by atoms with Crippen molar-refractivity contribution in [1.29, 1.82) is 0 Å². The lowest BCUT2D eigenvalue weighted by atomic mass is 9.76. The highest BCUT2D eigenvalue weighted by Crippen LogP contribution is 2.35. The summed E-state index contributed by atoms with van der Waals surface area (Å²) in [5, 5.41) is 0. The molecule has 4 atom stereocenters. The van der Waals surface area contributed by atoms with Gasteiger partial charge in [0.05, 0.1) is 0 Å². The second-order valence-electron chi connectivity index (χ2n) is 8.59. The smallest absolute Gasteiger partial charge is 0.225 e. The molecule has 2 rings (SSSR count). The molecule has 3 nitrogen and oxygen atoms in total. The van der Waals surface area contributed by atoms with Gasteiger partial charge in [0.15, 0.2) is 0 Å². The SMILES string of the molecule is CC1CC(N)CC(C(=O)N2CCCC(C(C)(C)C)CC2)C1. The number of rotatable bonds is 1. The monoisotopic (exact) mass is 294 g/mol. The average Bonchev–Trinajstić information content (AvgIpc) is 2.61. The molecule has 122 valence electrons. The Morgan fingerprint density at radius 1 is 1.10 bits per heavy atom. The van der Waals surface area contributed by atoms with Gasteiger partial charge in [0.25, 0.3) is 0 Å². The van der Waals surface area contributed by atoms with E-state index >= 15 is 0 Å². The van der Waals surface area contributed by atoms with Crippen LogP contribution in [0, 0.1) is 23.2 Å². The van der Waals surface area contributed by atoms with Gasteiger partial charge in [-0.25, -0.2) is 0 Å². The summed E-state index contributed by atoms with van der Waals surface area (Å²) in [5.41, 5.74) is 6.48. The van der Waals surface area contributed by atoms with Gasteiger partial charge in [0.2, 0.25) is 5.91 Å². The van der Waals surface area contributed by atoms with Crippen molar-refractivity contribution in [2.45, 2.75) is 72.3 Å². The molecular formula is C18H34N2O. The van der Waals surface area contributed by atoms with Crippen LogP contribution in [0.2, 0.25) is 0 Å². The molecule has 1 aliphatic carbocycles. The molecule has 4 unspecified atom stereocenters. The number of carbonyl (C=O) groups is 1. The molecule has 0 spiro atoms. The zero-order chi connectivity index (χ0) is 15.6. The zero-order valence-electron chi connectivity index (χ0n) is 14.4. The van der Waals surface area contributed by atoms with Crippen molar-refractivity contribution in [3.8, 4) is 0 Å². The van der Waals surface area contributed by atoms with Gasteiger partial charge in [-0.05, 0) is 55.8 Å². The first-order valence-corrected chi connectivity index (χ1v) is 8.81. The summed E-state index contributed by atoms with van der Waals surface area (Å²) in [7, 11) is 0. The number of hydrogen-bond acceptors (Lipinski definition) is 2. The van der Waals surface area contributed by atoms with E-state index in [1.165, 1.54) is 6.42 Å². The molecule has 0 bridgehead atoms. The van der Waals surface area contributed by atoms with Crippen molar-refractivity contribution in [2.24, 2.45) is 28.9 Å². The van der Waals surface area contributed by atoms with E-state index in [0.29, 0.717) is 17.2 Å². The molecule has 1 saturated carbocycles. The van der Waals surface area contributed by atoms with Gasteiger partial charge >= 0.3 is 0 Å². The summed E-state index contributed by atoms with van der Waals surface area (Å²) in [4.78, 5) is 15.0. The third kappa shape index (κ3) is 4.45. The highest BCUT2D eigenvalue weighted by molar-refractivity contribution is 5.79. The third-order valence-electron chi connectivity index (χ3n) is 5.59. The van der Waals surface area contributed by atoms with Gasteiger partial charge in [-0.3, -0.25) is 4.79 Å². The first-order chi connectivity index (χ1) is 9.77. The van der Waals surface area contributed by atoms with Crippen LogP contribution in [0.15, 0.2) is 0 Å². The van der Waals surface area contributed by atoms with Crippen LogP contribution in [0.25, 0.3) is 0 Å². The molecule has 1 aliphatic heterocycles. The third-order valence-corrected chi connectivity index (χ3v) is 5.59. The van der Waals surface area contributed by atoms with E-state index in [0.717, 1.165) is 51.1 Å². The summed E-state index contributed by atoms with van der Waals surface area (Å²) in [6.45, 7) is 11.1. The predicted molar refractivity (Wildman–Crippen MR) is 87.9 cm³/mol. The van der Waals surface area contributed by atoms with Gasteiger partial charge in [-0.1, -0.05) is 27.7 Å². The molecule has 2 N–H and O–H groups in total. The summed E-state index contributed by atoms with van der Waals surface area (Å²) in [5.74, 6) is 1.89. The average molecular weight is 294 g/mol. The largest absolute Gasteiger partial charge is 0.342 e. The summed E-state index contributed by atoms with van der Waals surface area (Å²) in [6.07, 6.45) is 6.57. The van der Waals surface area contributed by atoms with Crippen molar-refractivity contribution in [2.75, 3.05) is 13.1 Å². The second-order valence-corrected chi connectivity index (χ2v) is 8.59. The van der Waals surface area contributed by atoms with Crippen LogP contribution < -0.4 is 5.73 Å². The van der Waals surface area contributed by atoms with Crippen LogP contribution in [-0.4, -0.2) is 29.9 Å². The number of hydrogen-bond donors (Lipinski definition) is 1.